The topological polar surface area (TPSA) is 111 Å². The lowest BCUT2D eigenvalue weighted by atomic mass is 10.0. The number of nitrogens with one attached hydrogen (secondary N) is 1. The first-order valence-electron chi connectivity index (χ1n) is 14.6. The number of aromatic nitrogens is 2. The highest BCUT2D eigenvalue weighted by Crippen LogP contribution is 2.39. The maximum Gasteiger partial charge on any atom is 0.254 e. The van der Waals surface area contributed by atoms with Crippen molar-refractivity contribution in [1.29, 1.82) is 0 Å². The zero-order valence-corrected chi connectivity index (χ0v) is 25.4. The quantitative estimate of drug-likeness (QED) is 0.208. The van der Waals surface area contributed by atoms with Crippen molar-refractivity contribution in [1.82, 2.24) is 19.8 Å². The lowest BCUT2D eigenvalue weighted by molar-refractivity contribution is -0.148. The Hall–Kier alpha value is -4.16. The molecule has 2 aromatic heterocycles. The molecule has 0 aliphatic carbocycles. The van der Waals surface area contributed by atoms with Crippen molar-refractivity contribution >= 4 is 49.1 Å². The van der Waals surface area contributed by atoms with Gasteiger partial charge in [-0.15, -0.1) is 11.3 Å². The summed E-state index contributed by atoms with van der Waals surface area (Å²) in [5, 5.41) is 26.9. The SMILES string of the molecule is CCN1CCN(C(=O)C(O)C(O)c2ccc3c(c2)sc2ncnc(Nc4ccc(OCc5cccc(F)c5)c(C)c4)c23)CC1. The van der Waals surface area contributed by atoms with Crippen LogP contribution < -0.4 is 10.1 Å². The van der Waals surface area contributed by atoms with Crippen LogP contribution in [0.1, 0.15) is 29.7 Å². The molecule has 1 amide bonds. The number of hydrogen-bond donors (Lipinski definition) is 3. The first-order valence-corrected chi connectivity index (χ1v) is 15.4. The number of aliphatic hydroxyl groups excluding tert-OH is 2. The summed E-state index contributed by atoms with van der Waals surface area (Å²) in [7, 11) is 0. The molecule has 0 spiro atoms. The van der Waals surface area contributed by atoms with Gasteiger partial charge in [0.15, 0.2) is 6.10 Å². The van der Waals surface area contributed by atoms with Crippen LogP contribution >= 0.6 is 11.3 Å². The third-order valence-electron chi connectivity index (χ3n) is 8.04. The molecule has 0 radical (unpaired) electrons. The molecule has 0 bridgehead atoms. The number of carbonyl (C=O) groups excluding carboxylic acids is 1. The minimum absolute atomic E-state index is 0.261. The second-order valence-corrected chi connectivity index (χ2v) is 12.0. The normalized spacial score (nSPS) is 15.4. The second-order valence-electron chi connectivity index (χ2n) is 10.9. The van der Waals surface area contributed by atoms with Gasteiger partial charge in [0.1, 0.15) is 41.3 Å². The van der Waals surface area contributed by atoms with E-state index in [9.17, 15) is 19.4 Å². The summed E-state index contributed by atoms with van der Waals surface area (Å²) in [5.74, 6) is 0.575. The van der Waals surface area contributed by atoms with Crippen LogP contribution in [0, 0.1) is 12.7 Å². The van der Waals surface area contributed by atoms with E-state index in [2.05, 4.69) is 27.1 Å². The third kappa shape index (κ3) is 6.22. The van der Waals surface area contributed by atoms with Crippen molar-refractivity contribution in [3.8, 4) is 5.75 Å². The number of ether oxygens (including phenoxy) is 1. The lowest BCUT2D eigenvalue weighted by Crippen LogP contribution is -2.52. The van der Waals surface area contributed by atoms with E-state index in [1.807, 2.05) is 37.3 Å². The van der Waals surface area contributed by atoms with Gasteiger partial charge in [-0.25, -0.2) is 14.4 Å². The van der Waals surface area contributed by atoms with Crippen LogP contribution in [0.3, 0.4) is 0 Å². The first kappa shape index (κ1) is 29.9. The van der Waals surface area contributed by atoms with Crippen LogP contribution in [0.15, 0.2) is 67.0 Å². The average molecular weight is 616 g/mol. The molecule has 2 atom stereocenters. The van der Waals surface area contributed by atoms with Crippen LogP contribution in [-0.4, -0.2) is 74.7 Å². The number of benzene rings is 3. The number of hydrogen-bond acceptors (Lipinski definition) is 9. The third-order valence-corrected chi connectivity index (χ3v) is 9.10. The number of thiophene rings is 1. The van der Waals surface area contributed by atoms with Crippen LogP contribution in [0.2, 0.25) is 0 Å². The van der Waals surface area contributed by atoms with Gasteiger partial charge >= 0.3 is 0 Å². The van der Waals surface area contributed by atoms with Crippen molar-refractivity contribution in [2.45, 2.75) is 32.7 Å². The minimum atomic E-state index is -1.55. The van der Waals surface area contributed by atoms with Gasteiger partial charge in [0.2, 0.25) is 0 Å². The standard InChI is InChI=1S/C33H34FN5O4S/c1-3-38-11-13-39(14-12-38)33(42)30(41)29(40)22-7-9-25-27(17-22)44-32-28(25)31(35-19-36-32)37-24-8-10-26(20(2)15-24)43-18-21-5-4-6-23(34)16-21/h4-10,15-17,19,29-30,40-41H,3,11-14,18H2,1-2H3,(H,35,36,37). The number of anilines is 2. The Morgan fingerprint density at radius 3 is 2.64 bits per heavy atom. The number of nitrogens with zero attached hydrogens (tertiary/aromatic N) is 4. The highest BCUT2D eigenvalue weighted by atomic mass is 32.1. The second kappa shape index (κ2) is 12.8. The summed E-state index contributed by atoms with van der Waals surface area (Å²) in [6.45, 7) is 7.78. The first-order chi connectivity index (χ1) is 21.3. The fourth-order valence-electron chi connectivity index (χ4n) is 5.50. The zero-order chi connectivity index (χ0) is 30.8. The van der Waals surface area contributed by atoms with Gasteiger partial charge in [0, 0.05) is 42.0 Å². The van der Waals surface area contributed by atoms with Gasteiger partial charge in [-0.05, 0) is 66.6 Å². The molecule has 1 saturated heterocycles. The molecule has 1 aliphatic rings. The number of aryl methyl sites for hydroxylation is 1. The van der Waals surface area contributed by atoms with Crippen molar-refractivity contribution in [2.75, 3.05) is 38.0 Å². The van der Waals surface area contributed by atoms with E-state index in [0.717, 1.165) is 56.8 Å². The largest absolute Gasteiger partial charge is 0.489 e. The molecule has 1 fully saturated rings. The summed E-state index contributed by atoms with van der Waals surface area (Å²) < 4.78 is 20.3. The molecule has 3 heterocycles. The molecule has 3 N–H and O–H groups in total. The highest BCUT2D eigenvalue weighted by molar-refractivity contribution is 7.25. The molecule has 11 heteroatoms. The number of piperazine rings is 1. The molecule has 44 heavy (non-hydrogen) atoms. The molecular weight excluding hydrogens is 581 g/mol. The van der Waals surface area contributed by atoms with Crippen LogP contribution in [0.5, 0.6) is 5.75 Å². The molecule has 5 aromatic rings. The number of likely N-dealkylation sites (N-methyl/N-ethyl adjacent to an activating group) is 1. The number of halogens is 1. The fraction of sp³-hybridized carbons (Fsp3) is 0.303. The molecule has 6 rings (SSSR count). The lowest BCUT2D eigenvalue weighted by Gasteiger charge is -2.35. The Labute approximate surface area is 258 Å². The van der Waals surface area contributed by atoms with Gasteiger partial charge < -0.3 is 30.1 Å². The summed E-state index contributed by atoms with van der Waals surface area (Å²) >= 11 is 1.45. The molecule has 0 saturated carbocycles. The van der Waals surface area contributed by atoms with Gasteiger partial charge in [0.25, 0.3) is 5.91 Å². The minimum Gasteiger partial charge on any atom is -0.489 e. The van der Waals surface area contributed by atoms with Gasteiger partial charge in [-0.2, -0.15) is 0 Å². The van der Waals surface area contributed by atoms with E-state index in [1.54, 1.807) is 23.1 Å². The van der Waals surface area contributed by atoms with Crippen LogP contribution in [0.4, 0.5) is 15.9 Å². The Morgan fingerprint density at radius 1 is 1.07 bits per heavy atom. The maximum atomic E-state index is 13.5. The fourth-order valence-corrected chi connectivity index (χ4v) is 6.60. The summed E-state index contributed by atoms with van der Waals surface area (Å²) in [5.41, 5.74) is 2.94. The highest BCUT2D eigenvalue weighted by Gasteiger charge is 2.31. The molecule has 2 unspecified atom stereocenters. The zero-order valence-electron chi connectivity index (χ0n) is 24.5. The Morgan fingerprint density at radius 2 is 1.89 bits per heavy atom. The molecular formula is C33H34FN5O4S. The van der Waals surface area contributed by atoms with Crippen molar-refractivity contribution in [2.24, 2.45) is 0 Å². The van der Waals surface area contributed by atoms with Gasteiger partial charge in [-0.1, -0.05) is 31.2 Å². The average Bonchev–Trinajstić information content (AvgIpc) is 3.42. The number of amides is 1. The monoisotopic (exact) mass is 615 g/mol. The van der Waals surface area contributed by atoms with Crippen molar-refractivity contribution in [3.05, 3.63) is 89.5 Å². The number of fused-ring (bicyclic) bond motifs is 3. The Balaban J connectivity index is 1.19. The van der Waals surface area contributed by atoms with Gasteiger partial charge in [-0.3, -0.25) is 4.79 Å². The predicted molar refractivity (Wildman–Crippen MR) is 170 cm³/mol. The summed E-state index contributed by atoms with van der Waals surface area (Å²) in [6.07, 6.45) is -1.40. The van der Waals surface area contributed by atoms with E-state index in [4.69, 9.17) is 4.74 Å². The molecule has 1 aliphatic heterocycles. The van der Waals surface area contributed by atoms with E-state index in [-0.39, 0.29) is 12.4 Å². The Kier molecular flexibility index (Phi) is 8.72. The molecule has 228 valence electrons. The summed E-state index contributed by atoms with van der Waals surface area (Å²) in [6, 6.07) is 17.5. The van der Waals surface area contributed by atoms with Crippen molar-refractivity contribution < 1.29 is 24.1 Å². The van der Waals surface area contributed by atoms with Crippen molar-refractivity contribution in [3.63, 3.8) is 0 Å². The van der Waals surface area contributed by atoms with Crippen LogP contribution in [0.25, 0.3) is 20.3 Å². The predicted octanol–water partition coefficient (Wildman–Crippen LogP) is 5.17. The van der Waals surface area contributed by atoms with E-state index < -0.39 is 18.1 Å². The van der Waals surface area contributed by atoms with Crippen LogP contribution in [-0.2, 0) is 11.4 Å². The Bertz CT molecular complexity index is 1810. The summed E-state index contributed by atoms with van der Waals surface area (Å²) in [4.78, 5) is 26.5. The smallest absolute Gasteiger partial charge is 0.254 e. The number of rotatable bonds is 9. The molecule has 3 aromatic carbocycles. The molecule has 9 nitrogen and oxygen atoms in total. The number of aliphatic hydroxyl groups is 2. The number of carbonyl (C=O) groups is 1. The van der Waals surface area contributed by atoms with Gasteiger partial charge in [0.05, 0.1) is 5.39 Å². The van der Waals surface area contributed by atoms with E-state index >= 15 is 0 Å². The maximum absolute atomic E-state index is 13.5. The van der Waals surface area contributed by atoms with E-state index in [1.165, 1.54) is 29.8 Å². The van der Waals surface area contributed by atoms with E-state index in [0.29, 0.717) is 30.2 Å².